The summed E-state index contributed by atoms with van der Waals surface area (Å²) in [6.07, 6.45) is 5.16. The van der Waals surface area contributed by atoms with Crippen molar-refractivity contribution < 1.29 is 4.79 Å². The van der Waals surface area contributed by atoms with E-state index in [1.807, 2.05) is 13.8 Å². The molecule has 23 heavy (non-hydrogen) atoms. The summed E-state index contributed by atoms with van der Waals surface area (Å²) in [5.41, 5.74) is 0. The molecule has 1 rings (SSSR count). The first-order valence-corrected chi connectivity index (χ1v) is 9.01. The van der Waals surface area contributed by atoms with Gasteiger partial charge in [-0.2, -0.15) is 0 Å². The molecule has 1 saturated heterocycles. The second kappa shape index (κ2) is 11.3. The lowest BCUT2D eigenvalue weighted by molar-refractivity contribution is -0.123. The third kappa shape index (κ3) is 8.21. The Bertz CT molecular complexity index is 370. The summed E-state index contributed by atoms with van der Waals surface area (Å²) in [6.45, 7) is 10.7. The van der Waals surface area contributed by atoms with Crippen LogP contribution in [0, 0.1) is 5.92 Å². The van der Waals surface area contributed by atoms with Gasteiger partial charge in [0.15, 0.2) is 5.96 Å². The Hall–Kier alpha value is -1.30. The number of hydrogen-bond acceptors (Lipinski definition) is 3. The van der Waals surface area contributed by atoms with Gasteiger partial charge >= 0.3 is 0 Å². The second-order valence-corrected chi connectivity index (χ2v) is 6.61. The number of carbonyl (C=O) groups is 1. The molecule has 0 aromatic heterocycles. The summed E-state index contributed by atoms with van der Waals surface area (Å²) in [5, 5.41) is 9.44. The second-order valence-electron chi connectivity index (χ2n) is 6.61. The number of guanidine groups is 1. The number of nitrogens with one attached hydrogen (secondary N) is 3. The molecule has 0 bridgehead atoms. The lowest BCUT2D eigenvalue weighted by atomic mass is 10.0. The molecule has 134 valence electrons. The lowest BCUT2D eigenvalue weighted by Crippen LogP contribution is -2.43. The van der Waals surface area contributed by atoms with Crippen LogP contribution in [0.15, 0.2) is 4.99 Å². The molecule has 1 unspecified atom stereocenters. The fourth-order valence-electron chi connectivity index (χ4n) is 2.77. The van der Waals surface area contributed by atoms with E-state index in [9.17, 15) is 4.79 Å². The standard InChI is InChI=1S/C17H35N5O/c1-14(2)16(23)19-10-11-21-17(18-4)20-9-7-13-22-12-6-5-8-15(22)3/h14-15H,5-13H2,1-4H3,(H,19,23)(H2,18,20,21). The molecule has 0 spiro atoms. The van der Waals surface area contributed by atoms with E-state index < -0.39 is 0 Å². The van der Waals surface area contributed by atoms with E-state index in [0.717, 1.165) is 31.5 Å². The molecule has 0 aromatic rings. The first-order valence-electron chi connectivity index (χ1n) is 9.01. The van der Waals surface area contributed by atoms with E-state index in [-0.39, 0.29) is 11.8 Å². The normalized spacial score (nSPS) is 19.7. The van der Waals surface area contributed by atoms with Gasteiger partial charge in [0.05, 0.1) is 0 Å². The number of likely N-dealkylation sites (tertiary alicyclic amines) is 1. The van der Waals surface area contributed by atoms with Gasteiger partial charge in [-0.3, -0.25) is 9.79 Å². The zero-order chi connectivity index (χ0) is 17.1. The van der Waals surface area contributed by atoms with Crippen molar-refractivity contribution in [2.24, 2.45) is 10.9 Å². The maximum Gasteiger partial charge on any atom is 0.222 e. The van der Waals surface area contributed by atoms with E-state index >= 15 is 0 Å². The molecule has 6 nitrogen and oxygen atoms in total. The van der Waals surface area contributed by atoms with Crippen molar-refractivity contribution in [3.8, 4) is 0 Å². The monoisotopic (exact) mass is 325 g/mol. The van der Waals surface area contributed by atoms with E-state index in [1.165, 1.54) is 25.8 Å². The highest BCUT2D eigenvalue weighted by Gasteiger charge is 2.17. The van der Waals surface area contributed by atoms with Crippen molar-refractivity contribution in [1.29, 1.82) is 0 Å². The van der Waals surface area contributed by atoms with Crippen LogP contribution >= 0.6 is 0 Å². The fourth-order valence-corrected chi connectivity index (χ4v) is 2.77. The molecule has 1 amide bonds. The summed E-state index contributed by atoms with van der Waals surface area (Å²) in [4.78, 5) is 18.2. The Morgan fingerprint density at radius 2 is 1.87 bits per heavy atom. The number of hydrogen-bond donors (Lipinski definition) is 3. The Morgan fingerprint density at radius 3 is 2.52 bits per heavy atom. The number of rotatable bonds is 8. The van der Waals surface area contributed by atoms with E-state index in [1.54, 1.807) is 7.05 Å². The summed E-state index contributed by atoms with van der Waals surface area (Å²) >= 11 is 0. The van der Waals surface area contributed by atoms with E-state index in [2.05, 4.69) is 32.8 Å². The molecule has 0 radical (unpaired) electrons. The minimum atomic E-state index is 0.0321. The van der Waals surface area contributed by atoms with Crippen molar-refractivity contribution in [2.45, 2.75) is 52.5 Å². The van der Waals surface area contributed by atoms with Crippen LogP contribution in [0.4, 0.5) is 0 Å². The maximum absolute atomic E-state index is 11.5. The summed E-state index contributed by atoms with van der Waals surface area (Å²) in [6, 6.07) is 0.728. The predicted molar refractivity (Wildman–Crippen MR) is 96.7 cm³/mol. The van der Waals surface area contributed by atoms with Gasteiger partial charge in [-0.25, -0.2) is 0 Å². The minimum Gasteiger partial charge on any atom is -0.356 e. The summed E-state index contributed by atoms with van der Waals surface area (Å²) in [7, 11) is 1.77. The van der Waals surface area contributed by atoms with Crippen LogP contribution in [-0.2, 0) is 4.79 Å². The van der Waals surface area contributed by atoms with Crippen LogP contribution in [0.3, 0.4) is 0 Å². The molecule has 0 saturated carbocycles. The van der Waals surface area contributed by atoms with Crippen LogP contribution in [0.2, 0.25) is 0 Å². The SMILES string of the molecule is CN=C(NCCCN1CCCCC1C)NCCNC(=O)C(C)C. The van der Waals surface area contributed by atoms with E-state index in [0.29, 0.717) is 13.1 Å². The van der Waals surface area contributed by atoms with Gasteiger partial charge in [-0.05, 0) is 32.7 Å². The predicted octanol–water partition coefficient (Wildman–Crippen LogP) is 1.19. The average molecular weight is 326 g/mol. The van der Waals surface area contributed by atoms with Crippen LogP contribution in [0.25, 0.3) is 0 Å². The highest BCUT2D eigenvalue weighted by atomic mass is 16.1. The van der Waals surface area contributed by atoms with Gasteiger partial charge in [0, 0.05) is 45.2 Å². The third-order valence-electron chi connectivity index (χ3n) is 4.32. The van der Waals surface area contributed by atoms with Crippen LogP contribution in [0.5, 0.6) is 0 Å². The van der Waals surface area contributed by atoms with E-state index in [4.69, 9.17) is 0 Å². The summed E-state index contributed by atoms with van der Waals surface area (Å²) in [5.74, 6) is 0.922. The van der Waals surface area contributed by atoms with Crippen molar-refractivity contribution in [2.75, 3.05) is 39.8 Å². The van der Waals surface area contributed by atoms with Crippen molar-refractivity contribution >= 4 is 11.9 Å². The first-order chi connectivity index (χ1) is 11.0. The molecule has 1 aliphatic heterocycles. The Morgan fingerprint density at radius 1 is 1.17 bits per heavy atom. The van der Waals surface area contributed by atoms with Gasteiger partial charge in [0.2, 0.25) is 5.91 Å². The maximum atomic E-state index is 11.5. The summed E-state index contributed by atoms with van der Waals surface area (Å²) < 4.78 is 0. The molecule has 3 N–H and O–H groups in total. The average Bonchev–Trinajstić information content (AvgIpc) is 2.54. The lowest BCUT2D eigenvalue weighted by Gasteiger charge is -2.33. The molecule has 0 aliphatic carbocycles. The molecular weight excluding hydrogens is 290 g/mol. The molecular formula is C17H35N5O. The van der Waals surface area contributed by atoms with Gasteiger partial charge in [-0.1, -0.05) is 20.3 Å². The van der Waals surface area contributed by atoms with Gasteiger partial charge in [0.1, 0.15) is 0 Å². The largest absolute Gasteiger partial charge is 0.356 e. The number of amides is 1. The van der Waals surface area contributed by atoms with Gasteiger partial charge in [-0.15, -0.1) is 0 Å². The zero-order valence-corrected chi connectivity index (χ0v) is 15.3. The Balaban J connectivity index is 2.08. The van der Waals surface area contributed by atoms with Gasteiger partial charge in [0.25, 0.3) is 0 Å². The molecule has 0 aromatic carbocycles. The highest BCUT2D eigenvalue weighted by molar-refractivity contribution is 5.80. The fraction of sp³-hybridized carbons (Fsp3) is 0.882. The van der Waals surface area contributed by atoms with Crippen LogP contribution in [-0.4, -0.2) is 62.6 Å². The van der Waals surface area contributed by atoms with Crippen LogP contribution < -0.4 is 16.0 Å². The molecule has 1 fully saturated rings. The smallest absolute Gasteiger partial charge is 0.222 e. The molecule has 1 aliphatic rings. The van der Waals surface area contributed by atoms with Gasteiger partial charge < -0.3 is 20.9 Å². The number of carbonyl (C=O) groups excluding carboxylic acids is 1. The molecule has 1 atom stereocenters. The number of aliphatic imine (C=N–C) groups is 1. The Kier molecular flexibility index (Phi) is 9.67. The third-order valence-corrected chi connectivity index (χ3v) is 4.32. The minimum absolute atomic E-state index is 0.0321. The van der Waals surface area contributed by atoms with Crippen molar-refractivity contribution in [1.82, 2.24) is 20.9 Å². The topological polar surface area (TPSA) is 68.8 Å². The molecule has 6 heteroatoms. The number of piperidine rings is 1. The molecule has 1 heterocycles. The first kappa shape index (κ1) is 19.7. The Labute approximate surface area is 141 Å². The quantitative estimate of drug-likeness (QED) is 0.356. The highest BCUT2D eigenvalue weighted by Crippen LogP contribution is 2.15. The van der Waals surface area contributed by atoms with Crippen LogP contribution in [0.1, 0.15) is 46.5 Å². The van der Waals surface area contributed by atoms with Crippen molar-refractivity contribution in [3.05, 3.63) is 0 Å². The number of nitrogens with zero attached hydrogens (tertiary/aromatic N) is 2. The van der Waals surface area contributed by atoms with Crippen molar-refractivity contribution in [3.63, 3.8) is 0 Å². The zero-order valence-electron chi connectivity index (χ0n) is 15.3.